The lowest BCUT2D eigenvalue weighted by atomic mass is 10.2. The average molecular weight is 375 g/mol. The van der Waals surface area contributed by atoms with Crippen molar-refractivity contribution in [3.63, 3.8) is 0 Å². The highest BCUT2D eigenvalue weighted by Gasteiger charge is 2.14. The molecule has 0 amide bonds. The Morgan fingerprint density at radius 1 is 0.909 bits per heavy atom. The van der Waals surface area contributed by atoms with Gasteiger partial charge in [-0.25, -0.2) is 15.0 Å². The Hall–Kier alpha value is -1.40. The van der Waals surface area contributed by atoms with Crippen LogP contribution in [0.1, 0.15) is 5.56 Å². The molecule has 0 aliphatic heterocycles. The zero-order valence-electron chi connectivity index (χ0n) is 11.0. The molecule has 0 atom stereocenters. The average Bonchev–Trinajstić information content (AvgIpc) is 2.45. The van der Waals surface area contributed by atoms with Gasteiger partial charge in [0.1, 0.15) is 5.52 Å². The zero-order chi connectivity index (χ0) is 15.9. The van der Waals surface area contributed by atoms with Gasteiger partial charge >= 0.3 is 0 Å². The second-order valence-corrected chi connectivity index (χ2v) is 5.82. The molecule has 2 aromatic heterocycles. The predicted molar refractivity (Wildman–Crippen MR) is 89.6 cm³/mol. The number of halogens is 4. The van der Waals surface area contributed by atoms with Crippen LogP contribution in [0.4, 0.5) is 11.5 Å². The fourth-order valence-electron chi connectivity index (χ4n) is 1.82. The molecule has 3 rings (SSSR count). The van der Waals surface area contributed by atoms with Crippen LogP contribution in [0.3, 0.4) is 0 Å². The molecule has 0 spiro atoms. The van der Waals surface area contributed by atoms with Gasteiger partial charge in [0.15, 0.2) is 21.8 Å². The number of hydrogen-bond acceptors (Lipinski definition) is 5. The highest BCUT2D eigenvalue weighted by Crippen LogP contribution is 2.30. The second-order valence-electron chi connectivity index (χ2n) is 4.36. The van der Waals surface area contributed by atoms with Gasteiger partial charge in [0.2, 0.25) is 5.28 Å². The molecular formula is C13H7Cl4N5. The van der Waals surface area contributed by atoms with E-state index in [2.05, 4.69) is 25.3 Å². The van der Waals surface area contributed by atoms with Crippen LogP contribution in [0.15, 0.2) is 18.2 Å². The zero-order valence-corrected chi connectivity index (χ0v) is 14.1. The van der Waals surface area contributed by atoms with Gasteiger partial charge in [-0.05, 0) is 36.2 Å². The largest absolute Gasteiger partial charge is 0.337 e. The van der Waals surface area contributed by atoms with E-state index in [4.69, 9.17) is 46.4 Å². The SMILES string of the molecule is Cc1c(Cl)cccc1Nc1nc2c(Cl)nc(Cl)nc2nc1Cl. The first-order valence-electron chi connectivity index (χ1n) is 6.04. The van der Waals surface area contributed by atoms with E-state index in [0.29, 0.717) is 16.4 Å². The van der Waals surface area contributed by atoms with Crippen molar-refractivity contribution in [2.24, 2.45) is 0 Å². The highest BCUT2D eigenvalue weighted by atomic mass is 35.5. The summed E-state index contributed by atoms with van der Waals surface area (Å²) in [5.74, 6) is 0.326. The molecule has 9 heteroatoms. The molecule has 0 saturated carbocycles. The predicted octanol–water partition coefficient (Wildman–Crippen LogP) is 5.09. The van der Waals surface area contributed by atoms with Gasteiger partial charge in [0.25, 0.3) is 0 Å². The molecule has 0 fully saturated rings. The number of anilines is 2. The molecule has 2 heterocycles. The van der Waals surface area contributed by atoms with Crippen LogP contribution in [-0.2, 0) is 0 Å². The molecule has 0 unspecified atom stereocenters. The van der Waals surface area contributed by atoms with Crippen molar-refractivity contribution in [2.75, 3.05) is 5.32 Å². The Balaban J connectivity index is 2.11. The van der Waals surface area contributed by atoms with E-state index in [9.17, 15) is 0 Å². The van der Waals surface area contributed by atoms with Crippen molar-refractivity contribution < 1.29 is 0 Å². The summed E-state index contributed by atoms with van der Waals surface area (Å²) in [7, 11) is 0. The molecule has 22 heavy (non-hydrogen) atoms. The topological polar surface area (TPSA) is 63.6 Å². The molecular weight excluding hydrogens is 368 g/mol. The summed E-state index contributed by atoms with van der Waals surface area (Å²) >= 11 is 24.0. The van der Waals surface area contributed by atoms with E-state index in [1.807, 2.05) is 19.1 Å². The van der Waals surface area contributed by atoms with Gasteiger partial charge in [-0.1, -0.05) is 40.9 Å². The lowest BCUT2D eigenvalue weighted by Gasteiger charge is -2.11. The Morgan fingerprint density at radius 3 is 2.45 bits per heavy atom. The van der Waals surface area contributed by atoms with E-state index in [1.54, 1.807) is 6.07 Å². The van der Waals surface area contributed by atoms with Crippen LogP contribution in [0.2, 0.25) is 20.6 Å². The van der Waals surface area contributed by atoms with Gasteiger partial charge in [0, 0.05) is 10.7 Å². The minimum atomic E-state index is -0.0192. The first kappa shape index (κ1) is 15.5. The lowest BCUT2D eigenvalue weighted by molar-refractivity contribution is 1.15. The number of aromatic nitrogens is 4. The highest BCUT2D eigenvalue weighted by molar-refractivity contribution is 6.36. The fourth-order valence-corrected chi connectivity index (χ4v) is 2.58. The van der Waals surface area contributed by atoms with E-state index in [0.717, 1.165) is 11.3 Å². The van der Waals surface area contributed by atoms with E-state index < -0.39 is 0 Å². The third-order valence-electron chi connectivity index (χ3n) is 2.94. The van der Waals surface area contributed by atoms with Crippen LogP contribution in [-0.4, -0.2) is 19.9 Å². The summed E-state index contributed by atoms with van der Waals surface area (Å²) in [5.41, 5.74) is 2.15. The number of fused-ring (bicyclic) bond motifs is 1. The van der Waals surface area contributed by atoms with Crippen LogP contribution in [0, 0.1) is 6.92 Å². The van der Waals surface area contributed by atoms with Gasteiger partial charge in [-0.15, -0.1) is 0 Å². The quantitative estimate of drug-likeness (QED) is 0.500. The maximum atomic E-state index is 6.13. The van der Waals surface area contributed by atoms with Crippen LogP contribution in [0.25, 0.3) is 11.2 Å². The first-order valence-corrected chi connectivity index (χ1v) is 7.55. The number of benzene rings is 1. The summed E-state index contributed by atoms with van der Waals surface area (Å²) in [5, 5.41) is 3.93. The standard InChI is InChI=1S/C13H7Cl4N5/c1-5-6(14)3-2-4-7(5)18-12-10(16)20-11-8(19-12)9(15)21-13(17)22-11/h2-4H,1H3,(H,18,19). The molecule has 1 aromatic carbocycles. The van der Waals surface area contributed by atoms with Crippen LogP contribution < -0.4 is 5.32 Å². The number of rotatable bonds is 2. The maximum absolute atomic E-state index is 6.13. The summed E-state index contributed by atoms with van der Waals surface area (Å²) in [6, 6.07) is 5.46. The lowest BCUT2D eigenvalue weighted by Crippen LogP contribution is -2.01. The third kappa shape index (κ3) is 2.90. The molecule has 0 bridgehead atoms. The van der Waals surface area contributed by atoms with E-state index in [-0.39, 0.29) is 21.2 Å². The van der Waals surface area contributed by atoms with Gasteiger partial charge in [-0.2, -0.15) is 4.98 Å². The fraction of sp³-hybridized carbons (Fsp3) is 0.0769. The summed E-state index contributed by atoms with van der Waals surface area (Å²) in [6.45, 7) is 1.88. The van der Waals surface area contributed by atoms with Crippen molar-refractivity contribution >= 4 is 69.1 Å². The third-order valence-corrected chi connectivity index (χ3v) is 4.05. The molecule has 1 N–H and O–H groups in total. The van der Waals surface area contributed by atoms with E-state index >= 15 is 0 Å². The Labute approximate surface area is 145 Å². The molecule has 0 radical (unpaired) electrons. The van der Waals surface area contributed by atoms with Crippen molar-refractivity contribution in [1.29, 1.82) is 0 Å². The first-order chi connectivity index (χ1) is 10.5. The van der Waals surface area contributed by atoms with Crippen molar-refractivity contribution in [2.45, 2.75) is 6.92 Å². The maximum Gasteiger partial charge on any atom is 0.225 e. The van der Waals surface area contributed by atoms with Gasteiger partial charge < -0.3 is 5.32 Å². The van der Waals surface area contributed by atoms with E-state index in [1.165, 1.54) is 0 Å². The Bertz CT molecular complexity index is 884. The van der Waals surface area contributed by atoms with Gasteiger partial charge in [-0.3, -0.25) is 0 Å². The summed E-state index contributed by atoms with van der Waals surface area (Å²) in [6.07, 6.45) is 0. The Morgan fingerprint density at radius 2 is 1.68 bits per heavy atom. The smallest absolute Gasteiger partial charge is 0.225 e. The number of hydrogen-bond donors (Lipinski definition) is 1. The number of nitrogens with zero attached hydrogens (tertiary/aromatic N) is 4. The van der Waals surface area contributed by atoms with Gasteiger partial charge in [0.05, 0.1) is 0 Å². The minimum absolute atomic E-state index is 0.0192. The van der Waals surface area contributed by atoms with Crippen molar-refractivity contribution in [3.05, 3.63) is 44.4 Å². The molecule has 3 aromatic rings. The van der Waals surface area contributed by atoms with Crippen LogP contribution in [0.5, 0.6) is 0 Å². The normalized spacial score (nSPS) is 11.0. The van der Waals surface area contributed by atoms with Crippen molar-refractivity contribution in [1.82, 2.24) is 19.9 Å². The summed E-state index contributed by atoms with van der Waals surface area (Å²) in [4.78, 5) is 16.2. The monoisotopic (exact) mass is 373 g/mol. The number of nitrogens with one attached hydrogen (secondary N) is 1. The molecule has 0 saturated heterocycles. The molecule has 5 nitrogen and oxygen atoms in total. The molecule has 112 valence electrons. The van der Waals surface area contributed by atoms with Crippen LogP contribution >= 0.6 is 46.4 Å². The summed E-state index contributed by atoms with van der Waals surface area (Å²) < 4.78 is 0. The minimum Gasteiger partial charge on any atom is -0.337 e. The Kier molecular flexibility index (Phi) is 4.23. The molecule has 0 aliphatic rings. The second kappa shape index (κ2) is 6.01. The molecule has 0 aliphatic carbocycles. The van der Waals surface area contributed by atoms with Crippen molar-refractivity contribution in [3.8, 4) is 0 Å².